The fraction of sp³-hybridized carbons (Fsp3) is 0.500. The summed E-state index contributed by atoms with van der Waals surface area (Å²) >= 11 is 0. The van der Waals surface area contributed by atoms with Gasteiger partial charge in [-0.3, -0.25) is 0 Å². The zero-order valence-corrected chi connectivity index (χ0v) is 30.2. The Kier molecular flexibility index (Phi) is 12.1. The Morgan fingerprint density at radius 2 is 1.45 bits per heavy atom. The number of hydrogen-bond acceptors (Lipinski definition) is 7. The van der Waals surface area contributed by atoms with Crippen molar-refractivity contribution >= 4 is 24.8 Å². The highest BCUT2D eigenvalue weighted by molar-refractivity contribution is 6.99. The van der Waals surface area contributed by atoms with E-state index in [4.69, 9.17) is 23.4 Å². The van der Waals surface area contributed by atoms with Gasteiger partial charge in [-0.25, -0.2) is 4.79 Å². The molecule has 0 spiro atoms. The van der Waals surface area contributed by atoms with Crippen LogP contribution in [0.5, 0.6) is 0 Å². The van der Waals surface area contributed by atoms with E-state index in [9.17, 15) is 9.90 Å². The summed E-state index contributed by atoms with van der Waals surface area (Å²) in [5.74, 6) is -0.843. The molecule has 1 aliphatic heterocycles. The van der Waals surface area contributed by atoms with E-state index in [0.29, 0.717) is 6.61 Å². The lowest BCUT2D eigenvalue weighted by molar-refractivity contribution is -0.158. The third-order valence-electron chi connectivity index (χ3n) is 8.18. The molecule has 4 atom stereocenters. The molecule has 256 valence electrons. The zero-order valence-electron chi connectivity index (χ0n) is 29.2. The van der Waals surface area contributed by atoms with Crippen LogP contribution in [0.1, 0.15) is 67.4 Å². The van der Waals surface area contributed by atoms with Crippen molar-refractivity contribution in [3.63, 3.8) is 0 Å². The number of aliphatic hydroxyl groups excluding tert-OH is 1. The van der Waals surface area contributed by atoms with Gasteiger partial charge in [-0.05, 0) is 62.0 Å². The summed E-state index contributed by atoms with van der Waals surface area (Å²) < 4.78 is 31.6. The molecule has 0 aliphatic carbocycles. The largest absolute Gasteiger partial charge is 0.444 e. The minimum atomic E-state index is -3.11. The lowest BCUT2D eigenvalue weighted by atomic mass is 10.0. The second-order valence-electron chi connectivity index (χ2n) is 14.8. The number of carbonyl (C=O) groups excluding carboxylic acids is 1. The molecule has 0 saturated carbocycles. The van der Waals surface area contributed by atoms with Crippen molar-refractivity contribution in [2.45, 2.75) is 109 Å². The van der Waals surface area contributed by atoms with Crippen molar-refractivity contribution in [3.8, 4) is 0 Å². The number of aliphatic hydroxyl groups is 1. The maximum absolute atomic E-state index is 13.0. The van der Waals surface area contributed by atoms with Crippen LogP contribution >= 0.6 is 0 Å². The highest BCUT2D eigenvalue weighted by atomic mass is 28.4. The highest BCUT2D eigenvalue weighted by Crippen LogP contribution is 2.40. The number of ether oxygens (including phenoxy) is 4. The van der Waals surface area contributed by atoms with Gasteiger partial charge in [0, 0.05) is 0 Å². The fourth-order valence-electron chi connectivity index (χ4n) is 6.14. The first-order valence-corrected chi connectivity index (χ1v) is 18.4. The summed E-state index contributed by atoms with van der Waals surface area (Å²) in [6.07, 6.45) is -2.85. The normalized spacial score (nSPS) is 18.7. The van der Waals surface area contributed by atoms with Gasteiger partial charge in [0.25, 0.3) is 8.32 Å². The van der Waals surface area contributed by atoms with E-state index in [0.717, 1.165) is 15.9 Å². The maximum Gasteiger partial charge on any atom is 0.407 e. The summed E-state index contributed by atoms with van der Waals surface area (Å²) in [5.41, 5.74) is 0.323. The topological polar surface area (TPSA) is 95.5 Å². The number of nitrogens with one attached hydrogen (secondary N) is 1. The predicted molar refractivity (Wildman–Crippen MR) is 187 cm³/mol. The van der Waals surface area contributed by atoms with Crippen LogP contribution in [0.4, 0.5) is 4.79 Å². The van der Waals surface area contributed by atoms with Crippen LogP contribution in [-0.2, 0) is 30.0 Å². The lowest BCUT2D eigenvalue weighted by Gasteiger charge is -2.47. The maximum atomic E-state index is 13.0. The Labute approximate surface area is 281 Å². The first kappa shape index (κ1) is 36.8. The van der Waals surface area contributed by atoms with E-state index < -0.39 is 50.2 Å². The minimum absolute atomic E-state index is 0.136. The van der Waals surface area contributed by atoms with Crippen LogP contribution < -0.4 is 15.7 Å². The molecule has 2 N–H and O–H groups in total. The molecule has 3 aromatic rings. The van der Waals surface area contributed by atoms with Gasteiger partial charge >= 0.3 is 6.09 Å². The Morgan fingerprint density at radius 3 is 1.91 bits per heavy atom. The van der Waals surface area contributed by atoms with Crippen LogP contribution in [0.2, 0.25) is 5.04 Å². The quantitative estimate of drug-likeness (QED) is 0.219. The minimum Gasteiger partial charge on any atom is -0.444 e. The predicted octanol–water partition coefficient (Wildman–Crippen LogP) is 5.94. The summed E-state index contributed by atoms with van der Waals surface area (Å²) in [4.78, 5) is 13.0. The van der Waals surface area contributed by atoms with Crippen LogP contribution in [0.3, 0.4) is 0 Å². The number of hydrogen-bond donors (Lipinski definition) is 2. The Bertz CT molecular complexity index is 1350. The van der Waals surface area contributed by atoms with Crippen molar-refractivity contribution in [2.75, 3.05) is 13.2 Å². The van der Waals surface area contributed by atoms with Gasteiger partial charge in [-0.2, -0.15) is 0 Å². The number of benzene rings is 3. The van der Waals surface area contributed by atoms with Crippen LogP contribution in [0, 0.1) is 0 Å². The van der Waals surface area contributed by atoms with Crippen LogP contribution in [0.25, 0.3) is 0 Å². The van der Waals surface area contributed by atoms with Crippen LogP contribution in [0.15, 0.2) is 91.0 Å². The van der Waals surface area contributed by atoms with Gasteiger partial charge < -0.3 is 33.8 Å². The third-order valence-corrected chi connectivity index (χ3v) is 13.2. The Balaban J connectivity index is 1.70. The molecule has 0 radical (unpaired) electrons. The van der Waals surface area contributed by atoms with Gasteiger partial charge in [-0.1, -0.05) is 112 Å². The molecular formula is C38H53NO7Si. The van der Waals surface area contributed by atoms with Gasteiger partial charge in [0.05, 0.1) is 32.0 Å². The average molecular weight is 664 g/mol. The molecule has 8 nitrogen and oxygen atoms in total. The Morgan fingerprint density at radius 1 is 0.915 bits per heavy atom. The fourth-order valence-corrected chi connectivity index (χ4v) is 10.9. The summed E-state index contributed by atoms with van der Waals surface area (Å²) in [5, 5.41) is 17.0. The highest BCUT2D eigenvalue weighted by Gasteiger charge is 2.54. The lowest BCUT2D eigenvalue weighted by Crippen LogP contribution is -2.69. The zero-order chi connectivity index (χ0) is 34.3. The molecule has 1 amide bonds. The molecule has 9 heteroatoms. The summed E-state index contributed by atoms with van der Waals surface area (Å²) in [7, 11) is -3.11. The molecule has 0 bridgehead atoms. The number of amides is 1. The molecule has 1 aliphatic rings. The number of alkyl carbamates (subject to hydrolysis) is 1. The molecule has 1 fully saturated rings. The number of rotatable bonds is 13. The van der Waals surface area contributed by atoms with E-state index in [1.807, 2.05) is 101 Å². The molecule has 3 aromatic carbocycles. The molecule has 4 rings (SSSR count). The van der Waals surface area contributed by atoms with E-state index >= 15 is 0 Å². The SMILES string of the molecule is CC(C)(C)OC(=O)N[C@H](COCc1ccccc1)CC(O)[C@H](O[Si](c1ccccc1)(c1ccccc1)C(C)(C)C)[C@@H]1COC(C)(C)O1. The molecular weight excluding hydrogens is 611 g/mol. The first-order chi connectivity index (χ1) is 22.1. The molecule has 1 saturated heterocycles. The van der Waals surface area contributed by atoms with Gasteiger partial charge in [0.2, 0.25) is 0 Å². The van der Waals surface area contributed by atoms with Crippen molar-refractivity contribution in [2.24, 2.45) is 0 Å². The second-order valence-corrected chi connectivity index (χ2v) is 19.0. The van der Waals surface area contributed by atoms with Crippen molar-refractivity contribution < 1.29 is 33.3 Å². The van der Waals surface area contributed by atoms with Crippen LogP contribution in [-0.4, -0.2) is 68.5 Å². The van der Waals surface area contributed by atoms with Crippen molar-refractivity contribution in [3.05, 3.63) is 96.6 Å². The first-order valence-electron chi connectivity index (χ1n) is 16.5. The monoisotopic (exact) mass is 663 g/mol. The van der Waals surface area contributed by atoms with Gasteiger partial charge in [-0.15, -0.1) is 0 Å². The summed E-state index contributed by atoms with van der Waals surface area (Å²) in [6.45, 7) is 16.5. The molecule has 0 aromatic heterocycles. The van der Waals surface area contributed by atoms with Gasteiger partial charge in [0.15, 0.2) is 5.79 Å². The van der Waals surface area contributed by atoms with Crippen molar-refractivity contribution in [1.29, 1.82) is 0 Å². The summed E-state index contributed by atoms with van der Waals surface area (Å²) in [6, 6.07) is 29.9. The molecule has 47 heavy (non-hydrogen) atoms. The van der Waals surface area contributed by atoms with Gasteiger partial charge in [0.1, 0.15) is 17.8 Å². The Hall–Kier alpha value is -3.05. The van der Waals surface area contributed by atoms with E-state index in [1.54, 1.807) is 0 Å². The second kappa shape index (κ2) is 15.4. The average Bonchev–Trinajstić information content (AvgIpc) is 3.36. The van der Waals surface area contributed by atoms with E-state index in [2.05, 4.69) is 50.4 Å². The van der Waals surface area contributed by atoms with Crippen molar-refractivity contribution in [1.82, 2.24) is 5.32 Å². The smallest absolute Gasteiger partial charge is 0.407 e. The molecule has 1 heterocycles. The number of carbonyl (C=O) groups is 1. The standard InChI is InChI=1S/C38H53NO7Si/c1-36(2,3)45-35(41)39-29(26-42-25-28-18-12-9-13-19-28)24-32(40)34(33-27-43-38(7,8)44-33)46-47(37(4,5)6,30-20-14-10-15-21-30)31-22-16-11-17-23-31/h9-23,29,32-34,40H,24-27H2,1-8H3,(H,39,41)/t29-,32?,33-,34-/m0/s1. The third kappa shape index (κ3) is 9.98. The van der Waals surface area contributed by atoms with E-state index in [-0.39, 0.29) is 24.7 Å². The molecule has 1 unspecified atom stereocenters. The van der Waals surface area contributed by atoms with E-state index in [1.165, 1.54) is 0 Å².